The van der Waals surface area contributed by atoms with Gasteiger partial charge in [0.1, 0.15) is 0 Å². The van der Waals surface area contributed by atoms with Gasteiger partial charge in [0.15, 0.2) is 0 Å². The Morgan fingerprint density at radius 2 is 2.29 bits per heavy atom. The van der Waals surface area contributed by atoms with Crippen LogP contribution in [0.2, 0.25) is 0 Å². The van der Waals surface area contributed by atoms with Gasteiger partial charge in [0.25, 0.3) is 0 Å². The zero-order valence-electron chi connectivity index (χ0n) is 10.1. The quantitative estimate of drug-likeness (QED) is 0.811. The van der Waals surface area contributed by atoms with Gasteiger partial charge < -0.3 is 5.11 Å². The van der Waals surface area contributed by atoms with Crippen molar-refractivity contribution in [2.45, 2.75) is 32.1 Å². The summed E-state index contributed by atoms with van der Waals surface area (Å²) in [6, 6.07) is 6.04. The van der Waals surface area contributed by atoms with Crippen molar-refractivity contribution in [3.05, 3.63) is 28.4 Å². The average molecular weight is 248 g/mol. The molecule has 0 aliphatic heterocycles. The van der Waals surface area contributed by atoms with Crippen LogP contribution in [0.1, 0.15) is 31.6 Å². The number of rotatable bonds is 5. The van der Waals surface area contributed by atoms with Crippen LogP contribution in [-0.4, -0.2) is 11.7 Å². The van der Waals surface area contributed by atoms with Gasteiger partial charge in [-0.05, 0) is 24.8 Å². The monoisotopic (exact) mass is 248 g/mol. The smallest absolute Gasteiger partial charge is 0.241 e. The van der Waals surface area contributed by atoms with Crippen molar-refractivity contribution in [3.63, 3.8) is 0 Å². The number of hydrogen-bond donors (Lipinski definition) is 1. The second kappa shape index (κ2) is 5.82. The van der Waals surface area contributed by atoms with E-state index < -0.39 is 5.41 Å². The summed E-state index contributed by atoms with van der Waals surface area (Å²) in [4.78, 5) is 4.33. The molecule has 0 saturated carbocycles. The van der Waals surface area contributed by atoms with Crippen molar-refractivity contribution in [1.29, 1.82) is 5.26 Å². The maximum Gasteiger partial charge on any atom is 0.241 e. The fourth-order valence-corrected chi connectivity index (χ4v) is 3.03. The molecular weight excluding hydrogens is 232 g/mol. The molecule has 1 rings (SSSR count). The van der Waals surface area contributed by atoms with Gasteiger partial charge in [-0.3, -0.25) is 0 Å². The lowest BCUT2D eigenvalue weighted by atomic mass is 9.74. The molecule has 1 aromatic rings. The number of nitrogens with zero attached hydrogens (tertiary/aromatic N) is 2. The predicted molar refractivity (Wildman–Crippen MR) is 69.0 cm³/mol. The Morgan fingerprint density at radius 1 is 1.59 bits per heavy atom. The lowest BCUT2D eigenvalue weighted by molar-refractivity contribution is 0.258. The van der Waals surface area contributed by atoms with Crippen molar-refractivity contribution in [2.24, 2.45) is 5.92 Å². The minimum absolute atomic E-state index is 0.0944. The Kier molecular flexibility index (Phi) is 4.69. The maximum absolute atomic E-state index is 9.51. The number of thiophene rings is 1. The Hall–Kier alpha value is -1.36. The highest BCUT2D eigenvalue weighted by molar-refractivity contribution is 7.16. The third-order valence-electron chi connectivity index (χ3n) is 3.06. The molecule has 0 radical (unpaired) electrons. The molecule has 1 N–H and O–H groups in total. The summed E-state index contributed by atoms with van der Waals surface area (Å²) >= 11 is 1.38. The van der Waals surface area contributed by atoms with Crippen LogP contribution in [0.15, 0.2) is 12.1 Å². The predicted octanol–water partition coefficient (Wildman–Crippen LogP) is 3.49. The van der Waals surface area contributed by atoms with Crippen LogP contribution in [-0.2, 0) is 5.41 Å². The Balaban J connectivity index is 3.14. The molecule has 90 valence electrons. The average Bonchev–Trinajstić information content (AvgIpc) is 2.79. The minimum Gasteiger partial charge on any atom is -0.396 e. The molecule has 0 fully saturated rings. The lowest BCUT2D eigenvalue weighted by Crippen LogP contribution is -2.30. The summed E-state index contributed by atoms with van der Waals surface area (Å²) < 4.78 is 0. The van der Waals surface area contributed by atoms with Crippen LogP contribution in [0.25, 0.3) is 4.85 Å². The van der Waals surface area contributed by atoms with Crippen LogP contribution in [0.4, 0.5) is 5.00 Å². The number of nitriles is 1. The molecule has 0 aliphatic rings. The van der Waals surface area contributed by atoms with Crippen molar-refractivity contribution in [3.8, 4) is 6.07 Å². The second-order valence-electron chi connectivity index (χ2n) is 4.31. The zero-order chi connectivity index (χ0) is 12.9. The number of aliphatic hydroxyl groups excluding tert-OH is 1. The van der Waals surface area contributed by atoms with E-state index in [1.807, 2.05) is 19.9 Å². The largest absolute Gasteiger partial charge is 0.396 e. The topological polar surface area (TPSA) is 48.4 Å². The van der Waals surface area contributed by atoms with Crippen molar-refractivity contribution < 1.29 is 5.11 Å². The molecule has 1 heterocycles. The van der Waals surface area contributed by atoms with E-state index in [0.29, 0.717) is 17.8 Å². The molecule has 17 heavy (non-hydrogen) atoms. The van der Waals surface area contributed by atoms with E-state index in [-0.39, 0.29) is 12.5 Å². The summed E-state index contributed by atoms with van der Waals surface area (Å²) in [7, 11) is 0. The van der Waals surface area contributed by atoms with Crippen LogP contribution in [0, 0.1) is 23.8 Å². The molecule has 0 saturated heterocycles. The number of hydrogen-bond acceptors (Lipinski definition) is 3. The Bertz CT molecular complexity index is 453. The molecule has 1 unspecified atom stereocenters. The Morgan fingerprint density at radius 3 is 2.71 bits per heavy atom. The van der Waals surface area contributed by atoms with Gasteiger partial charge in [-0.25, -0.2) is 4.85 Å². The van der Waals surface area contributed by atoms with E-state index >= 15 is 0 Å². The third-order valence-corrected chi connectivity index (χ3v) is 4.21. The lowest BCUT2D eigenvalue weighted by Gasteiger charge is -2.29. The van der Waals surface area contributed by atoms with Crippen molar-refractivity contribution in [2.75, 3.05) is 6.61 Å². The Labute approximate surface area is 106 Å². The molecule has 0 bridgehead atoms. The van der Waals surface area contributed by atoms with E-state index in [4.69, 9.17) is 11.7 Å². The summed E-state index contributed by atoms with van der Waals surface area (Å²) in [6.45, 7) is 11.1. The highest BCUT2D eigenvalue weighted by Gasteiger charge is 2.36. The van der Waals surface area contributed by atoms with Crippen LogP contribution >= 0.6 is 11.3 Å². The van der Waals surface area contributed by atoms with E-state index in [9.17, 15) is 5.26 Å². The second-order valence-corrected chi connectivity index (χ2v) is 5.38. The fraction of sp³-hybridized carbons (Fsp3) is 0.538. The first-order chi connectivity index (χ1) is 8.10. The third kappa shape index (κ3) is 2.66. The van der Waals surface area contributed by atoms with Gasteiger partial charge in [-0.1, -0.05) is 19.9 Å². The van der Waals surface area contributed by atoms with Crippen LogP contribution < -0.4 is 0 Å². The molecule has 0 spiro atoms. The molecule has 4 heteroatoms. The highest BCUT2D eigenvalue weighted by Crippen LogP contribution is 2.42. The normalized spacial score (nSPS) is 14.0. The first-order valence-electron chi connectivity index (χ1n) is 5.60. The summed E-state index contributed by atoms with van der Waals surface area (Å²) in [6.07, 6.45) is 1.24. The summed E-state index contributed by atoms with van der Waals surface area (Å²) in [5.41, 5.74) is -0.573. The molecule has 0 amide bonds. The summed E-state index contributed by atoms with van der Waals surface area (Å²) in [5.74, 6) is 0.163. The molecule has 1 atom stereocenters. The van der Waals surface area contributed by atoms with E-state index in [1.165, 1.54) is 11.3 Å². The standard InChI is InChI=1S/C13H16N2OS/c1-10(2)13(9-14,7-4-8-16)11-5-6-12(15-3)17-11/h5-6,10,16H,4,7-8H2,1-2H3. The SMILES string of the molecule is [C-]#[N+]c1ccc(C(C#N)(CCCO)C(C)C)s1. The molecule has 3 nitrogen and oxygen atoms in total. The minimum atomic E-state index is -0.573. The first kappa shape index (κ1) is 13.7. The molecular formula is C13H16N2OS. The fourth-order valence-electron chi connectivity index (χ4n) is 1.92. The highest BCUT2D eigenvalue weighted by atomic mass is 32.1. The van der Waals surface area contributed by atoms with Gasteiger partial charge >= 0.3 is 0 Å². The van der Waals surface area contributed by atoms with E-state index in [2.05, 4.69) is 10.9 Å². The molecule has 1 aromatic heterocycles. The number of aliphatic hydroxyl groups is 1. The van der Waals surface area contributed by atoms with Crippen LogP contribution in [0.5, 0.6) is 0 Å². The van der Waals surface area contributed by atoms with Crippen LogP contribution in [0.3, 0.4) is 0 Å². The summed E-state index contributed by atoms with van der Waals surface area (Å²) in [5, 5.41) is 19.1. The van der Waals surface area contributed by atoms with Gasteiger partial charge in [0.05, 0.1) is 18.1 Å². The van der Waals surface area contributed by atoms with Gasteiger partial charge in [-0.2, -0.15) is 16.6 Å². The van der Waals surface area contributed by atoms with Gasteiger partial charge in [0.2, 0.25) is 5.00 Å². The van der Waals surface area contributed by atoms with Gasteiger partial charge in [0, 0.05) is 11.5 Å². The maximum atomic E-state index is 9.51. The first-order valence-corrected chi connectivity index (χ1v) is 6.42. The van der Waals surface area contributed by atoms with E-state index in [0.717, 1.165) is 4.88 Å². The van der Waals surface area contributed by atoms with Crippen molar-refractivity contribution in [1.82, 2.24) is 0 Å². The zero-order valence-corrected chi connectivity index (χ0v) is 10.9. The van der Waals surface area contributed by atoms with Crippen molar-refractivity contribution >= 4 is 16.3 Å². The van der Waals surface area contributed by atoms with E-state index in [1.54, 1.807) is 6.07 Å². The molecule has 0 aromatic carbocycles. The van der Waals surface area contributed by atoms with Gasteiger partial charge in [-0.15, -0.1) is 0 Å². The molecule has 0 aliphatic carbocycles.